The van der Waals surface area contributed by atoms with Gasteiger partial charge in [0.2, 0.25) is 23.5 Å². The number of carbonyl (C=O) groups excluding carboxylic acids is 4. The zero-order chi connectivity index (χ0) is 66.2. The molecule has 4 aromatic carbocycles. The Morgan fingerprint density at radius 3 is 1.05 bits per heavy atom. The van der Waals surface area contributed by atoms with Gasteiger partial charge >= 0.3 is 17.1 Å². The molecule has 0 atom stereocenters. The molecule has 0 saturated carbocycles. The second-order valence-electron chi connectivity index (χ2n) is 18.7. The van der Waals surface area contributed by atoms with Gasteiger partial charge in [-0.15, -0.1) is 0 Å². The second kappa shape index (κ2) is 40.8. The van der Waals surface area contributed by atoms with Crippen LogP contribution in [0.15, 0.2) is 82.1 Å². The van der Waals surface area contributed by atoms with Crippen LogP contribution in [0.25, 0.3) is 31.3 Å². The third-order valence-corrected chi connectivity index (χ3v) is 12.1. The predicted octanol–water partition coefficient (Wildman–Crippen LogP) is 4.24. The largest absolute Gasteiger partial charge is 0.502 e. The fourth-order valence-corrected chi connectivity index (χ4v) is 7.76. The first kappa shape index (κ1) is 72.9. The van der Waals surface area contributed by atoms with Crippen molar-refractivity contribution in [1.29, 1.82) is 0 Å². The van der Waals surface area contributed by atoms with Crippen molar-refractivity contribution in [2.45, 2.75) is 24.8 Å². The van der Waals surface area contributed by atoms with Gasteiger partial charge in [-0.05, 0) is 63.6 Å². The number of phenolic OH excluding ortho intramolecular Hbond substituents is 3. The molecule has 0 aliphatic rings. The van der Waals surface area contributed by atoms with Crippen LogP contribution in [0.5, 0.6) is 34.5 Å². The number of nitro groups is 3. The van der Waals surface area contributed by atoms with Gasteiger partial charge in [-0.25, -0.2) is 0 Å². The number of ether oxygens (including phenoxy) is 9. The monoisotopic (exact) mass is 1280 g/mol. The Bertz CT molecular complexity index is 3000. The fourth-order valence-electron chi connectivity index (χ4n) is 7.76. The van der Waals surface area contributed by atoms with E-state index in [1.165, 1.54) is 30.3 Å². The molecule has 0 aliphatic heterocycles. The topological polar surface area (TPSA) is 536 Å². The number of hydrogen-bond acceptors (Lipinski definition) is 25. The number of aromatic hydroxyl groups is 3. The molecule has 0 aliphatic carbocycles. The Morgan fingerprint density at radius 1 is 0.451 bits per heavy atom. The number of benzene rings is 4. The van der Waals surface area contributed by atoms with Crippen molar-refractivity contribution in [3.8, 4) is 34.5 Å². The van der Waals surface area contributed by atoms with Crippen molar-refractivity contribution < 1.29 is 91.9 Å². The van der Waals surface area contributed by atoms with Gasteiger partial charge in [0, 0.05) is 77.8 Å². The molecule has 4 amide bonds. The Hall–Kier alpha value is -10.5. The zero-order valence-electron chi connectivity index (χ0n) is 48.8. The van der Waals surface area contributed by atoms with Gasteiger partial charge < -0.3 is 79.2 Å². The van der Waals surface area contributed by atoms with E-state index in [2.05, 4.69) is 51.3 Å². The summed E-state index contributed by atoms with van der Waals surface area (Å²) in [6.07, 6.45) is -1.69. The summed E-state index contributed by atoms with van der Waals surface area (Å²) in [5.74, 6) is -5.92. The van der Waals surface area contributed by atoms with Gasteiger partial charge in [-0.3, -0.25) is 49.5 Å². The van der Waals surface area contributed by atoms with E-state index in [0.717, 1.165) is 36.4 Å². The minimum Gasteiger partial charge on any atom is -0.502 e. The highest BCUT2D eigenvalue weighted by molar-refractivity contribution is 5.96. The molecule has 4 rings (SSSR count). The third-order valence-electron chi connectivity index (χ3n) is 12.1. The predicted molar refractivity (Wildman–Crippen MR) is 315 cm³/mol. The molecule has 0 aromatic heterocycles. The summed E-state index contributed by atoms with van der Waals surface area (Å²) >= 11 is 0. The number of hydrogen-bond donors (Lipinski definition) is 7. The van der Waals surface area contributed by atoms with Crippen LogP contribution in [0.1, 0.15) is 27.0 Å². The SMILES string of the molecule is [N-]=[N+]=NCCOCCOCCOc1cc(C(=O)NC(CNC(=O)Cc2ccc(O)c([N+](=O)[O-])c2)(CNC(=O)Cc2ccc(O)c([N+](=O)[O-])c2)CNC(=O)Cc2ccc(O)c([N+](=O)[O-])c2)cc(OCCOCCOCCN=[N+]=[N-])c1OCCOCCOCCN=[N+]=[N-]. The Labute approximate surface area is 516 Å². The van der Waals surface area contributed by atoms with Crippen molar-refractivity contribution in [2.24, 2.45) is 15.3 Å². The number of nitro benzene ring substituents is 3. The maximum absolute atomic E-state index is 15.2. The van der Waals surface area contributed by atoms with Crippen LogP contribution in [0.2, 0.25) is 0 Å². The maximum atomic E-state index is 15.2. The quantitative estimate of drug-likeness (QED) is 0.00812. The molecular formula is C53H66N16O22. The lowest BCUT2D eigenvalue weighted by Gasteiger charge is -2.36. The van der Waals surface area contributed by atoms with E-state index in [-0.39, 0.29) is 158 Å². The average Bonchev–Trinajstić information content (AvgIpc) is 2.59. The first-order chi connectivity index (χ1) is 43.9. The van der Waals surface area contributed by atoms with E-state index in [1.54, 1.807) is 0 Å². The van der Waals surface area contributed by atoms with Crippen LogP contribution in [-0.4, -0.2) is 198 Å². The van der Waals surface area contributed by atoms with Gasteiger partial charge in [0.15, 0.2) is 28.7 Å². The molecule has 0 bridgehead atoms. The number of phenols is 3. The zero-order valence-corrected chi connectivity index (χ0v) is 48.8. The van der Waals surface area contributed by atoms with E-state index in [0.29, 0.717) is 0 Å². The summed E-state index contributed by atoms with van der Waals surface area (Å²) in [6, 6.07) is 12.0. The molecule has 0 spiro atoms. The van der Waals surface area contributed by atoms with Crippen molar-refractivity contribution in [1.82, 2.24) is 21.3 Å². The highest BCUT2D eigenvalue weighted by Crippen LogP contribution is 2.39. The Morgan fingerprint density at radius 2 is 0.747 bits per heavy atom. The molecule has 490 valence electrons. The summed E-state index contributed by atoms with van der Waals surface area (Å²) in [4.78, 5) is 97.1. The van der Waals surface area contributed by atoms with Gasteiger partial charge in [0.1, 0.15) is 19.8 Å². The number of rotatable bonds is 47. The van der Waals surface area contributed by atoms with E-state index >= 15 is 4.79 Å². The van der Waals surface area contributed by atoms with Crippen molar-refractivity contribution in [3.63, 3.8) is 0 Å². The van der Waals surface area contributed by atoms with Crippen molar-refractivity contribution in [3.05, 3.63) is 151 Å². The molecule has 38 nitrogen and oxygen atoms in total. The summed E-state index contributed by atoms with van der Waals surface area (Å²) in [6.45, 7) is -1.42. The van der Waals surface area contributed by atoms with E-state index < -0.39 is 117 Å². The van der Waals surface area contributed by atoms with Crippen LogP contribution in [0, 0.1) is 30.3 Å². The minimum atomic E-state index is -2.05. The minimum absolute atomic E-state index is 0.0327. The van der Waals surface area contributed by atoms with Gasteiger partial charge in [0.05, 0.1) is 119 Å². The smallest absolute Gasteiger partial charge is 0.310 e. The maximum Gasteiger partial charge on any atom is 0.310 e. The molecule has 7 N–H and O–H groups in total. The first-order valence-corrected chi connectivity index (χ1v) is 27.5. The lowest BCUT2D eigenvalue weighted by molar-refractivity contribution is -0.386. The van der Waals surface area contributed by atoms with Gasteiger partial charge in [-0.2, -0.15) is 0 Å². The third kappa shape index (κ3) is 27.6. The van der Waals surface area contributed by atoms with Crippen LogP contribution in [0.4, 0.5) is 17.1 Å². The van der Waals surface area contributed by atoms with Gasteiger partial charge in [0.25, 0.3) is 5.91 Å². The summed E-state index contributed by atoms with van der Waals surface area (Å²) < 4.78 is 51.7. The van der Waals surface area contributed by atoms with Gasteiger partial charge in [-0.1, -0.05) is 33.5 Å². The number of carbonyl (C=O) groups is 4. The molecule has 0 unspecified atom stereocenters. The highest BCUT2D eigenvalue weighted by Gasteiger charge is 2.36. The Balaban J connectivity index is 1.81. The Kier molecular flexibility index (Phi) is 32.7. The van der Waals surface area contributed by atoms with Crippen molar-refractivity contribution in [2.75, 3.05) is 138 Å². The molecule has 0 saturated heterocycles. The summed E-state index contributed by atoms with van der Waals surface area (Å²) in [7, 11) is 0. The lowest BCUT2D eigenvalue weighted by atomic mass is 9.96. The number of amides is 4. The fraction of sp³-hybridized carbons (Fsp3) is 0.472. The molecule has 0 radical (unpaired) electrons. The first-order valence-electron chi connectivity index (χ1n) is 27.5. The van der Waals surface area contributed by atoms with E-state index in [9.17, 15) is 60.0 Å². The number of nitrogens with zero attached hydrogens (tertiary/aromatic N) is 12. The summed E-state index contributed by atoms with van der Waals surface area (Å²) in [5, 5.41) is 86.1. The standard InChI is InChI=1S/C53H66N16O22/c54-64-60-7-10-83-13-16-86-19-22-89-46-31-39(32-47(90-23-20-87-17-14-84-11-8-61-65-55)51(46)91-24-21-88-18-15-85-12-9-62-66-56)52(76)63-53(33-57-48(73)28-36-1-4-43(70)40(25-36)67(77)78,34-58-49(74)29-37-2-5-44(71)41(26-37)68(79)80)35-59-50(75)30-38-3-6-45(72)42(27-38)69(81)82/h1-6,25-27,31-32,70-72H,7-24,28-30,33-35H2,(H,57,73)(H,58,74)(H,59,75)(H,63,76). The molecular weight excluding hydrogens is 1210 g/mol. The van der Waals surface area contributed by atoms with E-state index in [4.69, 9.17) is 59.2 Å². The number of azide groups is 3. The van der Waals surface area contributed by atoms with Crippen LogP contribution >= 0.6 is 0 Å². The lowest BCUT2D eigenvalue weighted by Crippen LogP contribution is -2.66. The molecule has 38 heteroatoms. The van der Waals surface area contributed by atoms with Crippen LogP contribution < -0.4 is 35.5 Å². The normalized spacial score (nSPS) is 10.8. The van der Waals surface area contributed by atoms with Crippen molar-refractivity contribution >= 4 is 40.7 Å². The average molecular weight is 1280 g/mol. The van der Waals surface area contributed by atoms with E-state index in [1.807, 2.05) is 0 Å². The molecule has 0 fully saturated rings. The molecule has 91 heavy (non-hydrogen) atoms. The highest BCUT2D eigenvalue weighted by atomic mass is 16.6. The summed E-state index contributed by atoms with van der Waals surface area (Å²) in [5.41, 5.74) is 21.3. The molecule has 0 heterocycles. The van der Waals surface area contributed by atoms with Crippen LogP contribution in [0.3, 0.4) is 0 Å². The van der Waals surface area contributed by atoms with Crippen LogP contribution in [-0.2, 0) is 62.1 Å². The molecule has 4 aromatic rings. The number of nitrogens with one attached hydrogen (secondary N) is 4. The second-order valence-corrected chi connectivity index (χ2v) is 18.7.